The van der Waals surface area contributed by atoms with E-state index >= 15 is 0 Å². The van der Waals surface area contributed by atoms with Gasteiger partial charge in [-0.1, -0.05) is 88.5 Å². The molecule has 5 rings (SSSR count). The van der Waals surface area contributed by atoms with Crippen molar-refractivity contribution in [2.24, 2.45) is 0 Å². The highest BCUT2D eigenvalue weighted by Gasteiger charge is 2.24. The molecule has 0 N–H and O–H groups in total. The maximum Gasteiger partial charge on any atom is 0.233 e. The average Bonchev–Trinajstić information content (AvgIpc) is 3.33. The number of hydrogen-bond donors (Lipinski definition) is 0. The smallest absolute Gasteiger partial charge is 0.233 e. The fourth-order valence-electron chi connectivity index (χ4n) is 4.23. The Morgan fingerprint density at radius 2 is 1.59 bits per heavy atom. The van der Waals surface area contributed by atoms with Crippen LogP contribution in [0.5, 0.6) is 0 Å². The zero-order chi connectivity index (χ0) is 25.9. The number of aromatic nitrogens is 3. The quantitative estimate of drug-likeness (QED) is 0.242. The van der Waals surface area contributed by atoms with Crippen molar-refractivity contribution in [3.05, 3.63) is 87.4 Å². The summed E-state index contributed by atoms with van der Waals surface area (Å²) in [5, 5.41) is 11.1. The lowest BCUT2D eigenvalue weighted by Crippen LogP contribution is -2.49. The van der Waals surface area contributed by atoms with E-state index in [4.69, 9.17) is 34.8 Å². The van der Waals surface area contributed by atoms with Gasteiger partial charge in [0.15, 0.2) is 11.0 Å². The van der Waals surface area contributed by atoms with Crippen molar-refractivity contribution in [3.63, 3.8) is 0 Å². The Hall–Kier alpha value is -2.71. The minimum Gasteiger partial charge on any atom is -0.367 e. The molecule has 0 bridgehead atoms. The fourth-order valence-corrected chi connectivity index (χ4v) is 5.63. The number of anilines is 1. The summed E-state index contributed by atoms with van der Waals surface area (Å²) in [7, 11) is 0. The lowest BCUT2D eigenvalue weighted by molar-refractivity contribution is -0.128. The predicted molar refractivity (Wildman–Crippen MR) is 153 cm³/mol. The van der Waals surface area contributed by atoms with Gasteiger partial charge in [0.2, 0.25) is 5.91 Å². The molecule has 0 spiro atoms. The Morgan fingerprint density at radius 1 is 0.865 bits per heavy atom. The maximum absolute atomic E-state index is 13.1. The van der Waals surface area contributed by atoms with Crippen LogP contribution in [0.15, 0.2) is 71.9 Å². The molecule has 1 amide bonds. The second-order valence-electron chi connectivity index (χ2n) is 8.71. The van der Waals surface area contributed by atoms with Gasteiger partial charge in [-0.25, -0.2) is 0 Å². The molecule has 1 aliphatic heterocycles. The van der Waals surface area contributed by atoms with Gasteiger partial charge in [0.25, 0.3) is 0 Å². The van der Waals surface area contributed by atoms with E-state index in [9.17, 15) is 4.79 Å². The average molecular weight is 573 g/mol. The third-order valence-corrected chi connectivity index (χ3v) is 8.23. The Kier molecular flexibility index (Phi) is 7.95. The van der Waals surface area contributed by atoms with Gasteiger partial charge in [0.1, 0.15) is 0 Å². The van der Waals surface area contributed by atoms with Crippen LogP contribution >= 0.6 is 46.6 Å². The molecular weight excluding hydrogens is 549 g/mol. The number of para-hydroxylation sites is 1. The number of hydrogen-bond acceptors (Lipinski definition) is 5. The normalized spacial score (nSPS) is 13.7. The molecule has 0 radical (unpaired) electrons. The first-order chi connectivity index (χ1) is 17.9. The summed E-state index contributed by atoms with van der Waals surface area (Å²) < 4.78 is 1.92. The molecular formula is C27H24Cl3N5OS. The van der Waals surface area contributed by atoms with Gasteiger partial charge in [0.05, 0.1) is 32.2 Å². The van der Waals surface area contributed by atoms with Gasteiger partial charge in [-0.05, 0) is 37.3 Å². The second-order valence-corrected chi connectivity index (χ2v) is 10.9. The number of carbonyl (C=O) groups excluding carboxylic acids is 1. The van der Waals surface area contributed by atoms with Crippen LogP contribution < -0.4 is 4.90 Å². The maximum atomic E-state index is 13.1. The van der Waals surface area contributed by atoms with Crippen LogP contribution in [0.2, 0.25) is 15.1 Å². The molecule has 0 aliphatic carbocycles. The molecule has 10 heteroatoms. The number of amides is 1. The Morgan fingerprint density at radius 3 is 2.30 bits per heavy atom. The molecule has 1 fully saturated rings. The largest absolute Gasteiger partial charge is 0.367 e. The number of carbonyl (C=O) groups is 1. The van der Waals surface area contributed by atoms with Crippen molar-refractivity contribution in [1.82, 2.24) is 19.7 Å². The third kappa shape index (κ3) is 5.75. The Labute approximate surface area is 235 Å². The number of aryl methyl sites for hydroxylation is 1. The van der Waals surface area contributed by atoms with Gasteiger partial charge < -0.3 is 9.80 Å². The monoisotopic (exact) mass is 571 g/mol. The van der Waals surface area contributed by atoms with E-state index < -0.39 is 0 Å². The van der Waals surface area contributed by atoms with Gasteiger partial charge in [-0.15, -0.1) is 10.2 Å². The highest BCUT2D eigenvalue weighted by atomic mass is 35.5. The standard InChI is InChI=1S/C27H24Cl3N5OS/c1-18-6-8-19(9-7-18)26-31-32-27(35(26)20-10-11-21(28)23(30)16-20)37-17-25(36)34-14-12-33(13-15-34)24-5-3-2-4-22(24)29/h2-11,16H,12-15,17H2,1H3. The van der Waals surface area contributed by atoms with E-state index in [1.807, 2.05) is 71.0 Å². The number of thioether (sulfide) groups is 1. The summed E-state index contributed by atoms with van der Waals surface area (Å²) in [6.45, 7) is 4.78. The first-order valence-electron chi connectivity index (χ1n) is 11.8. The Bertz CT molecular complexity index is 1420. The predicted octanol–water partition coefficient (Wildman–Crippen LogP) is 6.64. The first-order valence-corrected chi connectivity index (χ1v) is 13.9. The number of piperazine rings is 1. The molecule has 37 heavy (non-hydrogen) atoms. The van der Waals surface area contributed by atoms with E-state index in [0.29, 0.717) is 34.1 Å². The Balaban J connectivity index is 1.32. The molecule has 2 heterocycles. The summed E-state index contributed by atoms with van der Waals surface area (Å²) in [5.74, 6) is 0.977. The zero-order valence-electron chi connectivity index (χ0n) is 20.1. The van der Waals surface area contributed by atoms with Crippen molar-refractivity contribution in [1.29, 1.82) is 0 Å². The van der Waals surface area contributed by atoms with Crippen LogP contribution in [0.25, 0.3) is 17.1 Å². The summed E-state index contributed by atoms with van der Waals surface area (Å²) in [6.07, 6.45) is 0. The van der Waals surface area contributed by atoms with E-state index in [-0.39, 0.29) is 11.7 Å². The van der Waals surface area contributed by atoms with Gasteiger partial charge in [0, 0.05) is 31.7 Å². The SMILES string of the molecule is Cc1ccc(-c2nnc(SCC(=O)N3CCN(c4ccccc4Cl)CC3)n2-c2ccc(Cl)c(Cl)c2)cc1. The van der Waals surface area contributed by atoms with Crippen molar-refractivity contribution >= 4 is 58.2 Å². The van der Waals surface area contributed by atoms with Crippen LogP contribution in [0.4, 0.5) is 5.69 Å². The number of nitrogens with zero attached hydrogens (tertiary/aromatic N) is 5. The summed E-state index contributed by atoms with van der Waals surface area (Å²) in [4.78, 5) is 17.2. The molecule has 0 atom stereocenters. The van der Waals surface area contributed by atoms with Gasteiger partial charge in [-0.2, -0.15) is 0 Å². The van der Waals surface area contributed by atoms with E-state index in [1.165, 1.54) is 11.8 Å². The number of benzene rings is 3. The fraction of sp³-hybridized carbons (Fsp3) is 0.222. The minimum atomic E-state index is 0.0596. The summed E-state index contributed by atoms with van der Waals surface area (Å²) >= 11 is 20.2. The third-order valence-electron chi connectivity index (χ3n) is 6.25. The number of halogens is 3. The molecule has 0 unspecified atom stereocenters. The van der Waals surface area contributed by atoms with Crippen molar-refractivity contribution < 1.29 is 4.79 Å². The molecule has 4 aromatic rings. The first kappa shape index (κ1) is 25.9. The number of rotatable bonds is 6. The molecule has 1 aromatic heterocycles. The molecule has 1 aliphatic rings. The van der Waals surface area contributed by atoms with Crippen LogP contribution in [0, 0.1) is 6.92 Å². The molecule has 6 nitrogen and oxygen atoms in total. The zero-order valence-corrected chi connectivity index (χ0v) is 23.2. The van der Waals surface area contributed by atoms with Crippen LogP contribution in [0.1, 0.15) is 5.56 Å². The lowest BCUT2D eigenvalue weighted by Gasteiger charge is -2.36. The molecule has 190 valence electrons. The summed E-state index contributed by atoms with van der Waals surface area (Å²) in [5.41, 5.74) is 3.85. The summed E-state index contributed by atoms with van der Waals surface area (Å²) in [6, 6.07) is 21.3. The van der Waals surface area contributed by atoms with Crippen LogP contribution in [0.3, 0.4) is 0 Å². The molecule has 3 aromatic carbocycles. The van der Waals surface area contributed by atoms with Crippen LogP contribution in [-0.4, -0.2) is 57.5 Å². The highest BCUT2D eigenvalue weighted by molar-refractivity contribution is 7.99. The molecule has 1 saturated heterocycles. The van der Waals surface area contributed by atoms with E-state index in [2.05, 4.69) is 15.1 Å². The van der Waals surface area contributed by atoms with Crippen molar-refractivity contribution in [2.45, 2.75) is 12.1 Å². The minimum absolute atomic E-state index is 0.0596. The van der Waals surface area contributed by atoms with Crippen molar-refractivity contribution in [3.8, 4) is 17.1 Å². The van der Waals surface area contributed by atoms with Gasteiger partial charge in [-0.3, -0.25) is 9.36 Å². The second kappa shape index (κ2) is 11.4. The highest BCUT2D eigenvalue weighted by Crippen LogP contribution is 2.32. The van der Waals surface area contributed by atoms with Crippen LogP contribution in [-0.2, 0) is 4.79 Å². The topological polar surface area (TPSA) is 54.3 Å². The van der Waals surface area contributed by atoms with Crippen molar-refractivity contribution in [2.75, 3.05) is 36.8 Å². The van der Waals surface area contributed by atoms with E-state index in [1.54, 1.807) is 12.1 Å². The van der Waals surface area contributed by atoms with E-state index in [0.717, 1.165) is 40.6 Å². The lowest BCUT2D eigenvalue weighted by atomic mass is 10.1. The van der Waals surface area contributed by atoms with Gasteiger partial charge >= 0.3 is 0 Å². The molecule has 0 saturated carbocycles.